The zero-order valence-corrected chi connectivity index (χ0v) is 6.27. The Morgan fingerprint density at radius 2 is 2.50 bits per heavy atom. The molecule has 12 heavy (non-hydrogen) atoms. The fourth-order valence-electron chi connectivity index (χ4n) is 0.684. The normalized spacial score (nSPS) is 10.0. The van der Waals surface area contributed by atoms with Gasteiger partial charge in [0.2, 0.25) is 0 Å². The lowest BCUT2D eigenvalue weighted by Crippen LogP contribution is -2.12. The van der Waals surface area contributed by atoms with E-state index in [1.807, 2.05) is 6.07 Å². The Hall–Kier alpha value is -1.84. The molecule has 2 N–H and O–H groups in total. The lowest BCUT2D eigenvalue weighted by Gasteiger charge is -1.90. The minimum atomic E-state index is -1.07. The molecule has 1 aromatic heterocycles. The third-order valence-corrected chi connectivity index (χ3v) is 1.17. The third kappa shape index (κ3) is 2.83. The maximum atomic E-state index is 10.0. The van der Waals surface area contributed by atoms with Crippen LogP contribution >= 0.6 is 0 Å². The molecule has 0 aliphatic rings. The van der Waals surface area contributed by atoms with Gasteiger partial charge in [-0.3, -0.25) is 10.3 Å². The van der Waals surface area contributed by atoms with E-state index in [9.17, 15) is 4.79 Å². The van der Waals surface area contributed by atoms with Gasteiger partial charge in [-0.1, -0.05) is 6.07 Å². The van der Waals surface area contributed by atoms with Crippen LogP contribution < -0.4 is 5.32 Å². The van der Waals surface area contributed by atoms with Gasteiger partial charge in [-0.05, 0) is 17.7 Å². The number of carboxylic acid groups (broad SMARTS) is 1. The summed E-state index contributed by atoms with van der Waals surface area (Å²) in [6.45, 7) is 0. The van der Waals surface area contributed by atoms with E-state index >= 15 is 0 Å². The van der Waals surface area contributed by atoms with E-state index in [2.05, 4.69) is 10.3 Å². The van der Waals surface area contributed by atoms with Crippen molar-refractivity contribution in [1.29, 1.82) is 0 Å². The third-order valence-electron chi connectivity index (χ3n) is 1.17. The predicted molar refractivity (Wildman–Crippen MR) is 44.4 cm³/mol. The fourth-order valence-corrected chi connectivity index (χ4v) is 0.684. The summed E-state index contributed by atoms with van der Waals surface area (Å²) in [4.78, 5) is 13.9. The second-order valence-electron chi connectivity index (χ2n) is 2.07. The summed E-state index contributed by atoms with van der Waals surface area (Å²) in [5.41, 5.74) is 0.853. The van der Waals surface area contributed by atoms with Crippen LogP contribution in [0.4, 0.5) is 4.79 Å². The first kappa shape index (κ1) is 8.26. The van der Waals surface area contributed by atoms with Gasteiger partial charge in [0, 0.05) is 18.6 Å². The molecule has 0 bridgehead atoms. The van der Waals surface area contributed by atoms with Gasteiger partial charge in [-0.15, -0.1) is 0 Å². The van der Waals surface area contributed by atoms with Crippen LogP contribution in [0.25, 0.3) is 6.08 Å². The zero-order chi connectivity index (χ0) is 8.81. The molecule has 0 radical (unpaired) electrons. The van der Waals surface area contributed by atoms with Crippen molar-refractivity contribution in [3.05, 3.63) is 36.3 Å². The number of nitrogens with zero attached hydrogens (tertiary/aromatic N) is 1. The van der Waals surface area contributed by atoms with Gasteiger partial charge in [0.25, 0.3) is 0 Å². The molecule has 1 heterocycles. The monoisotopic (exact) mass is 164 g/mol. The molecule has 1 rings (SSSR count). The SMILES string of the molecule is O=C(O)NC=Cc1cccnc1. The van der Waals surface area contributed by atoms with Crippen LogP contribution in [0.1, 0.15) is 5.56 Å². The average Bonchev–Trinajstić information content (AvgIpc) is 2.05. The molecule has 4 nitrogen and oxygen atoms in total. The number of nitrogens with one attached hydrogen (secondary N) is 1. The van der Waals surface area contributed by atoms with Gasteiger partial charge >= 0.3 is 6.09 Å². The summed E-state index contributed by atoms with van der Waals surface area (Å²) >= 11 is 0. The molecule has 0 aliphatic heterocycles. The lowest BCUT2D eigenvalue weighted by atomic mass is 10.3. The highest BCUT2D eigenvalue weighted by molar-refractivity contribution is 5.67. The highest BCUT2D eigenvalue weighted by atomic mass is 16.4. The maximum absolute atomic E-state index is 10.0. The largest absolute Gasteiger partial charge is 0.465 e. The molecule has 0 spiro atoms. The van der Waals surface area contributed by atoms with Crippen LogP contribution in [0.3, 0.4) is 0 Å². The Morgan fingerprint density at radius 1 is 1.67 bits per heavy atom. The highest BCUT2D eigenvalue weighted by Gasteiger charge is 1.86. The predicted octanol–water partition coefficient (Wildman–Crippen LogP) is 1.32. The standard InChI is InChI=1S/C8H8N2O2/c11-8(12)10-5-3-7-2-1-4-9-6-7/h1-6,10H,(H,11,12). The van der Waals surface area contributed by atoms with Crippen LogP contribution in [0.5, 0.6) is 0 Å². The molecule has 0 saturated carbocycles. The molecular formula is C8H8N2O2. The first-order chi connectivity index (χ1) is 5.79. The van der Waals surface area contributed by atoms with Gasteiger partial charge in [-0.2, -0.15) is 0 Å². The van der Waals surface area contributed by atoms with Crippen molar-refractivity contribution in [2.45, 2.75) is 0 Å². The number of rotatable bonds is 2. The average molecular weight is 164 g/mol. The number of pyridine rings is 1. The van der Waals surface area contributed by atoms with E-state index in [1.165, 1.54) is 6.20 Å². The molecule has 0 saturated heterocycles. The minimum absolute atomic E-state index is 0.853. The molecule has 0 atom stereocenters. The van der Waals surface area contributed by atoms with Gasteiger partial charge < -0.3 is 5.11 Å². The molecule has 1 aromatic rings. The quantitative estimate of drug-likeness (QED) is 0.692. The van der Waals surface area contributed by atoms with E-state index in [-0.39, 0.29) is 0 Å². The van der Waals surface area contributed by atoms with E-state index in [1.54, 1.807) is 24.5 Å². The first-order valence-corrected chi connectivity index (χ1v) is 3.35. The van der Waals surface area contributed by atoms with Crippen LogP contribution in [0.15, 0.2) is 30.7 Å². The summed E-state index contributed by atoms with van der Waals surface area (Å²) in [6, 6.07) is 3.60. The minimum Gasteiger partial charge on any atom is -0.465 e. The van der Waals surface area contributed by atoms with Gasteiger partial charge in [0.15, 0.2) is 0 Å². The van der Waals surface area contributed by atoms with Crippen molar-refractivity contribution in [3.8, 4) is 0 Å². The molecule has 0 aliphatic carbocycles. The summed E-state index contributed by atoms with van der Waals surface area (Å²) < 4.78 is 0. The fraction of sp³-hybridized carbons (Fsp3) is 0. The molecule has 0 unspecified atom stereocenters. The number of hydrogen-bond acceptors (Lipinski definition) is 2. The molecule has 0 aromatic carbocycles. The Balaban J connectivity index is 2.52. The molecule has 1 amide bonds. The number of hydrogen-bond donors (Lipinski definition) is 2. The van der Waals surface area contributed by atoms with Gasteiger partial charge in [0.05, 0.1) is 0 Å². The second kappa shape index (κ2) is 4.12. The van der Waals surface area contributed by atoms with Gasteiger partial charge in [-0.25, -0.2) is 4.79 Å². The topological polar surface area (TPSA) is 62.2 Å². The Bertz CT molecular complexity index is 282. The van der Waals surface area contributed by atoms with E-state index < -0.39 is 6.09 Å². The van der Waals surface area contributed by atoms with Crippen molar-refractivity contribution in [2.75, 3.05) is 0 Å². The van der Waals surface area contributed by atoms with E-state index in [0.29, 0.717) is 0 Å². The lowest BCUT2D eigenvalue weighted by molar-refractivity contribution is 0.198. The highest BCUT2D eigenvalue weighted by Crippen LogP contribution is 1.96. The first-order valence-electron chi connectivity index (χ1n) is 3.35. The van der Waals surface area contributed by atoms with Crippen LogP contribution in [-0.2, 0) is 0 Å². The van der Waals surface area contributed by atoms with Crippen molar-refractivity contribution in [2.24, 2.45) is 0 Å². The molecule has 62 valence electrons. The number of carbonyl (C=O) groups is 1. The summed E-state index contributed by atoms with van der Waals surface area (Å²) in [6.07, 6.45) is 5.19. The summed E-state index contributed by atoms with van der Waals surface area (Å²) in [7, 11) is 0. The van der Waals surface area contributed by atoms with Crippen LogP contribution in [0, 0.1) is 0 Å². The van der Waals surface area contributed by atoms with Crippen LogP contribution in [-0.4, -0.2) is 16.2 Å². The van der Waals surface area contributed by atoms with E-state index in [4.69, 9.17) is 5.11 Å². The second-order valence-corrected chi connectivity index (χ2v) is 2.07. The summed E-state index contributed by atoms with van der Waals surface area (Å²) in [5.74, 6) is 0. The maximum Gasteiger partial charge on any atom is 0.408 e. The molecular weight excluding hydrogens is 156 g/mol. The number of amides is 1. The number of aromatic nitrogens is 1. The van der Waals surface area contributed by atoms with Crippen molar-refractivity contribution in [1.82, 2.24) is 10.3 Å². The Labute approximate surface area is 69.6 Å². The smallest absolute Gasteiger partial charge is 0.408 e. The van der Waals surface area contributed by atoms with Crippen molar-refractivity contribution in [3.63, 3.8) is 0 Å². The Kier molecular flexibility index (Phi) is 2.84. The van der Waals surface area contributed by atoms with Crippen molar-refractivity contribution >= 4 is 12.2 Å². The van der Waals surface area contributed by atoms with Gasteiger partial charge in [0.1, 0.15) is 0 Å². The Morgan fingerprint density at radius 3 is 3.08 bits per heavy atom. The van der Waals surface area contributed by atoms with Crippen molar-refractivity contribution < 1.29 is 9.90 Å². The van der Waals surface area contributed by atoms with E-state index in [0.717, 1.165) is 5.56 Å². The zero-order valence-electron chi connectivity index (χ0n) is 6.27. The van der Waals surface area contributed by atoms with Crippen LogP contribution in [0.2, 0.25) is 0 Å². The molecule has 4 heteroatoms. The molecule has 0 fully saturated rings. The summed E-state index contributed by atoms with van der Waals surface area (Å²) in [5, 5.41) is 10.3.